The van der Waals surface area contributed by atoms with Crippen LogP contribution < -0.4 is 4.72 Å². The van der Waals surface area contributed by atoms with E-state index in [9.17, 15) is 17.6 Å². The number of amides is 1. The highest BCUT2D eigenvalue weighted by Gasteiger charge is 2.26. The van der Waals surface area contributed by atoms with E-state index in [0.29, 0.717) is 6.54 Å². The lowest BCUT2D eigenvalue weighted by Crippen LogP contribution is -2.42. The zero-order valence-electron chi connectivity index (χ0n) is 14.8. The Balaban J connectivity index is 1.90. The van der Waals surface area contributed by atoms with Crippen molar-refractivity contribution in [3.05, 3.63) is 58.9 Å². The molecule has 27 heavy (non-hydrogen) atoms. The molecule has 3 rings (SSSR count). The third kappa shape index (κ3) is 4.42. The van der Waals surface area contributed by atoms with Crippen LogP contribution in [0.25, 0.3) is 0 Å². The minimum Gasteiger partial charge on any atom is -0.336 e. The summed E-state index contributed by atoms with van der Waals surface area (Å²) in [5.41, 5.74) is 0.474. The predicted molar refractivity (Wildman–Crippen MR) is 103 cm³/mol. The Morgan fingerprint density at radius 3 is 2.56 bits per heavy atom. The number of nitrogens with one attached hydrogen (secondary N) is 1. The highest BCUT2D eigenvalue weighted by Crippen LogP contribution is 2.27. The van der Waals surface area contributed by atoms with Gasteiger partial charge in [0.15, 0.2) is 0 Å². The van der Waals surface area contributed by atoms with Crippen molar-refractivity contribution in [3.63, 3.8) is 0 Å². The Morgan fingerprint density at radius 2 is 1.89 bits per heavy atom. The molecule has 1 heterocycles. The summed E-state index contributed by atoms with van der Waals surface area (Å²) in [6.45, 7) is 2.64. The van der Waals surface area contributed by atoms with E-state index in [-0.39, 0.29) is 33.1 Å². The molecule has 0 saturated carbocycles. The SMILES string of the molecule is CC1CCCCN1C(=O)c1ccc(Cl)c(S(=O)(=O)Nc2ccc(F)cc2)c1. The van der Waals surface area contributed by atoms with E-state index in [1.165, 1.54) is 30.3 Å². The fourth-order valence-corrected chi connectivity index (χ4v) is 4.72. The molecule has 1 fully saturated rings. The Labute approximate surface area is 163 Å². The van der Waals surface area contributed by atoms with Crippen LogP contribution in [0.4, 0.5) is 10.1 Å². The summed E-state index contributed by atoms with van der Waals surface area (Å²) >= 11 is 6.09. The van der Waals surface area contributed by atoms with Crippen LogP contribution in [0.1, 0.15) is 36.5 Å². The van der Waals surface area contributed by atoms with Crippen molar-refractivity contribution in [2.75, 3.05) is 11.3 Å². The number of halogens is 2. The molecule has 0 aromatic heterocycles. The molecule has 2 aromatic rings. The lowest BCUT2D eigenvalue weighted by molar-refractivity contribution is 0.0635. The molecule has 8 heteroatoms. The molecule has 1 unspecified atom stereocenters. The first-order valence-corrected chi connectivity index (χ1v) is 10.5. The molecular weight excluding hydrogens is 391 g/mol. The standard InChI is InChI=1S/C19H20ClFN2O3S/c1-13-4-2-3-11-23(13)19(24)14-5-10-17(20)18(12-14)27(25,26)22-16-8-6-15(21)7-9-16/h5-10,12-13,22H,2-4,11H2,1H3. The molecule has 144 valence electrons. The molecule has 1 N–H and O–H groups in total. The molecule has 0 bridgehead atoms. The van der Waals surface area contributed by atoms with Gasteiger partial charge in [-0.3, -0.25) is 9.52 Å². The number of hydrogen-bond donors (Lipinski definition) is 1. The van der Waals surface area contributed by atoms with Crippen molar-refractivity contribution in [1.29, 1.82) is 0 Å². The van der Waals surface area contributed by atoms with E-state index in [4.69, 9.17) is 11.6 Å². The topological polar surface area (TPSA) is 66.5 Å². The van der Waals surface area contributed by atoms with Gasteiger partial charge in [0, 0.05) is 23.8 Å². The maximum Gasteiger partial charge on any atom is 0.263 e. The Hall–Kier alpha value is -2.12. The van der Waals surface area contributed by atoms with Crippen LogP contribution in [0.15, 0.2) is 47.4 Å². The minimum absolute atomic E-state index is 0.00727. The highest BCUT2D eigenvalue weighted by atomic mass is 35.5. The summed E-state index contributed by atoms with van der Waals surface area (Å²) in [6, 6.07) is 9.26. The average molecular weight is 411 g/mol. The molecule has 1 amide bonds. The molecule has 1 atom stereocenters. The first-order valence-electron chi connectivity index (χ1n) is 8.67. The fourth-order valence-electron chi connectivity index (χ4n) is 3.14. The zero-order valence-corrected chi connectivity index (χ0v) is 16.4. The van der Waals surface area contributed by atoms with Crippen molar-refractivity contribution in [2.24, 2.45) is 0 Å². The number of benzene rings is 2. The van der Waals surface area contributed by atoms with Crippen molar-refractivity contribution in [1.82, 2.24) is 4.90 Å². The van der Waals surface area contributed by atoms with Gasteiger partial charge in [0.05, 0.1) is 5.02 Å². The molecule has 0 spiro atoms. The normalized spacial score (nSPS) is 17.6. The van der Waals surface area contributed by atoms with Crippen LogP contribution in [-0.4, -0.2) is 31.8 Å². The molecule has 0 radical (unpaired) electrons. The molecule has 1 saturated heterocycles. The summed E-state index contributed by atoms with van der Waals surface area (Å²) in [5.74, 6) is -0.684. The van der Waals surface area contributed by atoms with E-state index >= 15 is 0 Å². The van der Waals surface area contributed by atoms with E-state index in [1.54, 1.807) is 4.90 Å². The second-order valence-corrected chi connectivity index (χ2v) is 8.66. The Morgan fingerprint density at radius 1 is 1.19 bits per heavy atom. The first kappa shape index (κ1) is 19.6. The monoisotopic (exact) mass is 410 g/mol. The number of nitrogens with zero attached hydrogens (tertiary/aromatic N) is 1. The van der Waals surface area contributed by atoms with E-state index in [2.05, 4.69) is 4.72 Å². The molecule has 1 aliphatic heterocycles. The predicted octanol–water partition coefficient (Wildman–Crippen LogP) is 4.29. The second kappa shape index (κ2) is 7.86. The van der Waals surface area contributed by atoms with Crippen molar-refractivity contribution in [2.45, 2.75) is 37.1 Å². The lowest BCUT2D eigenvalue weighted by atomic mass is 10.0. The first-order chi connectivity index (χ1) is 12.8. The van der Waals surface area contributed by atoms with Gasteiger partial charge < -0.3 is 4.90 Å². The zero-order chi connectivity index (χ0) is 19.6. The summed E-state index contributed by atoms with van der Waals surface area (Å²) in [5, 5.41) is 0.00727. The van der Waals surface area contributed by atoms with Gasteiger partial charge in [0.2, 0.25) is 0 Å². The number of carbonyl (C=O) groups is 1. The van der Waals surface area contributed by atoms with Crippen LogP contribution in [0.5, 0.6) is 0 Å². The number of carbonyl (C=O) groups excluding carboxylic acids is 1. The quantitative estimate of drug-likeness (QED) is 0.817. The fraction of sp³-hybridized carbons (Fsp3) is 0.316. The van der Waals surface area contributed by atoms with Crippen molar-refractivity contribution < 1.29 is 17.6 Å². The van der Waals surface area contributed by atoms with E-state index < -0.39 is 15.8 Å². The maximum atomic E-state index is 13.0. The number of sulfonamides is 1. The smallest absolute Gasteiger partial charge is 0.263 e. The summed E-state index contributed by atoms with van der Waals surface area (Å²) in [6.07, 6.45) is 2.93. The van der Waals surface area contributed by atoms with Gasteiger partial charge in [-0.25, -0.2) is 12.8 Å². The van der Waals surface area contributed by atoms with Gasteiger partial charge in [-0.15, -0.1) is 0 Å². The number of hydrogen-bond acceptors (Lipinski definition) is 3. The average Bonchev–Trinajstić information content (AvgIpc) is 2.63. The number of likely N-dealkylation sites (tertiary alicyclic amines) is 1. The summed E-state index contributed by atoms with van der Waals surface area (Å²) in [4.78, 5) is 14.4. The van der Waals surface area contributed by atoms with E-state index in [1.807, 2.05) is 6.92 Å². The van der Waals surface area contributed by atoms with Gasteiger partial charge in [-0.1, -0.05) is 11.6 Å². The molecular formula is C19H20ClFN2O3S. The van der Waals surface area contributed by atoms with Crippen LogP contribution in [0, 0.1) is 5.82 Å². The summed E-state index contributed by atoms with van der Waals surface area (Å²) in [7, 11) is -4.03. The lowest BCUT2D eigenvalue weighted by Gasteiger charge is -2.33. The van der Waals surface area contributed by atoms with Gasteiger partial charge in [0.25, 0.3) is 15.9 Å². The van der Waals surface area contributed by atoms with Gasteiger partial charge in [-0.2, -0.15) is 0 Å². The van der Waals surface area contributed by atoms with Gasteiger partial charge >= 0.3 is 0 Å². The Kier molecular flexibility index (Phi) is 5.72. The van der Waals surface area contributed by atoms with Crippen LogP contribution in [-0.2, 0) is 10.0 Å². The Bertz CT molecular complexity index is 948. The molecule has 1 aliphatic rings. The number of piperidine rings is 1. The van der Waals surface area contributed by atoms with Crippen molar-refractivity contribution in [3.8, 4) is 0 Å². The van der Waals surface area contributed by atoms with Gasteiger partial charge in [0.1, 0.15) is 10.7 Å². The largest absolute Gasteiger partial charge is 0.336 e. The number of anilines is 1. The second-order valence-electron chi connectivity index (χ2n) is 6.60. The van der Waals surface area contributed by atoms with E-state index in [0.717, 1.165) is 31.4 Å². The third-order valence-electron chi connectivity index (χ3n) is 4.63. The minimum atomic E-state index is -4.03. The number of rotatable bonds is 4. The molecule has 0 aliphatic carbocycles. The third-order valence-corrected chi connectivity index (χ3v) is 6.49. The summed E-state index contributed by atoms with van der Waals surface area (Å²) < 4.78 is 40.8. The molecule has 5 nitrogen and oxygen atoms in total. The highest BCUT2D eigenvalue weighted by molar-refractivity contribution is 7.92. The van der Waals surface area contributed by atoms with Crippen LogP contribution >= 0.6 is 11.6 Å². The molecule has 2 aromatic carbocycles. The van der Waals surface area contributed by atoms with Crippen LogP contribution in [0.3, 0.4) is 0 Å². The van der Waals surface area contributed by atoms with Crippen molar-refractivity contribution >= 4 is 33.2 Å². The van der Waals surface area contributed by atoms with Gasteiger partial charge in [-0.05, 0) is 68.7 Å². The maximum absolute atomic E-state index is 13.0. The van der Waals surface area contributed by atoms with Crippen LogP contribution in [0.2, 0.25) is 5.02 Å².